The molecule has 0 aliphatic heterocycles. The molecule has 4 atom stereocenters. The van der Waals surface area contributed by atoms with Gasteiger partial charge in [-0.05, 0) is 56.1 Å². The van der Waals surface area contributed by atoms with Crippen molar-refractivity contribution in [2.24, 2.45) is 11.8 Å². The molecule has 0 radical (unpaired) electrons. The molecule has 0 spiro atoms. The van der Waals surface area contributed by atoms with Gasteiger partial charge < -0.3 is 9.84 Å². The summed E-state index contributed by atoms with van der Waals surface area (Å²) in [5, 5.41) is 10.5. The molecule has 0 amide bonds. The average molecular weight is 401 g/mol. The van der Waals surface area contributed by atoms with Crippen LogP contribution in [0.1, 0.15) is 79.3 Å². The van der Waals surface area contributed by atoms with Crippen LogP contribution in [0.25, 0.3) is 0 Å². The fourth-order valence-electron chi connectivity index (χ4n) is 4.15. The predicted molar refractivity (Wildman–Crippen MR) is 109 cm³/mol. The number of carbonyl (C=O) groups is 1. The summed E-state index contributed by atoms with van der Waals surface area (Å²) in [7, 11) is 1.41. The lowest BCUT2D eigenvalue weighted by atomic mass is 9.86. The van der Waals surface area contributed by atoms with Gasteiger partial charge in [-0.15, -0.1) is 22.9 Å². The van der Waals surface area contributed by atoms with Crippen LogP contribution in [0.15, 0.2) is 12.1 Å². The molecule has 1 aliphatic rings. The number of unbranched alkanes of at least 4 members (excludes halogenated alkanes) is 4. The molecule has 1 heterocycles. The van der Waals surface area contributed by atoms with Gasteiger partial charge in [0.1, 0.15) is 4.88 Å². The first kappa shape index (κ1) is 21.7. The third kappa shape index (κ3) is 6.24. The first-order valence-corrected chi connectivity index (χ1v) is 11.3. The van der Waals surface area contributed by atoms with Crippen LogP contribution in [-0.4, -0.2) is 29.7 Å². The van der Waals surface area contributed by atoms with E-state index in [-0.39, 0.29) is 17.5 Å². The molecule has 0 aromatic carbocycles. The third-order valence-corrected chi connectivity index (χ3v) is 7.25. The maximum absolute atomic E-state index is 11.5. The Morgan fingerprint density at radius 2 is 1.92 bits per heavy atom. The Labute approximate surface area is 167 Å². The Balaban J connectivity index is 1.78. The molecule has 1 fully saturated rings. The minimum atomic E-state index is -0.260. The number of aryl methyl sites for hydroxylation is 1. The van der Waals surface area contributed by atoms with E-state index in [1.165, 1.54) is 55.4 Å². The predicted octanol–water partition coefficient (Wildman–Crippen LogP) is 5.82. The summed E-state index contributed by atoms with van der Waals surface area (Å²) >= 11 is 8.07. The van der Waals surface area contributed by atoms with E-state index >= 15 is 0 Å². The quantitative estimate of drug-likeness (QED) is 0.289. The monoisotopic (exact) mass is 400 g/mol. The van der Waals surface area contributed by atoms with E-state index in [2.05, 4.69) is 6.92 Å². The Morgan fingerprint density at radius 1 is 1.19 bits per heavy atom. The number of hydrogen-bond donors (Lipinski definition) is 1. The summed E-state index contributed by atoms with van der Waals surface area (Å²) < 4.78 is 4.76. The average Bonchev–Trinajstić information content (AvgIpc) is 3.20. The number of ether oxygens (including phenoxy) is 1. The number of aliphatic hydroxyl groups excluding tert-OH is 1. The summed E-state index contributed by atoms with van der Waals surface area (Å²) in [6, 6.07) is 3.86. The minimum absolute atomic E-state index is 0.0969. The Morgan fingerprint density at radius 3 is 2.65 bits per heavy atom. The van der Waals surface area contributed by atoms with Gasteiger partial charge in [0.15, 0.2) is 0 Å². The van der Waals surface area contributed by atoms with E-state index in [4.69, 9.17) is 16.3 Å². The van der Waals surface area contributed by atoms with Gasteiger partial charge in [0, 0.05) is 10.3 Å². The largest absolute Gasteiger partial charge is 0.465 e. The second-order valence-corrected chi connectivity index (χ2v) is 9.23. The first-order valence-electron chi connectivity index (χ1n) is 10.1. The Hall–Kier alpha value is -0.580. The van der Waals surface area contributed by atoms with Crippen molar-refractivity contribution >= 4 is 28.9 Å². The summed E-state index contributed by atoms with van der Waals surface area (Å²) in [6.07, 6.45) is 11.0. The molecule has 148 valence electrons. The van der Waals surface area contributed by atoms with Crippen LogP contribution < -0.4 is 0 Å². The summed E-state index contributed by atoms with van der Waals surface area (Å²) in [4.78, 5) is 13.4. The smallest absolute Gasteiger partial charge is 0.348 e. The van der Waals surface area contributed by atoms with E-state index in [1.807, 2.05) is 12.1 Å². The molecular formula is C21H33ClO3S. The molecule has 1 aliphatic carbocycles. The van der Waals surface area contributed by atoms with Crippen molar-refractivity contribution in [1.29, 1.82) is 0 Å². The number of methoxy groups -OCH3 is 1. The van der Waals surface area contributed by atoms with Gasteiger partial charge in [-0.3, -0.25) is 0 Å². The van der Waals surface area contributed by atoms with Crippen molar-refractivity contribution in [3.05, 3.63) is 21.9 Å². The zero-order valence-corrected chi connectivity index (χ0v) is 17.7. The normalized spacial score (nSPS) is 25.5. The van der Waals surface area contributed by atoms with Crippen LogP contribution in [0.5, 0.6) is 0 Å². The summed E-state index contributed by atoms with van der Waals surface area (Å²) in [5.74, 6) is 0.509. The molecule has 1 N–H and O–H groups in total. The van der Waals surface area contributed by atoms with Crippen LogP contribution in [0.2, 0.25) is 0 Å². The van der Waals surface area contributed by atoms with E-state index in [0.29, 0.717) is 16.7 Å². The van der Waals surface area contributed by atoms with Crippen molar-refractivity contribution in [1.82, 2.24) is 0 Å². The molecule has 1 aromatic heterocycles. The molecule has 2 rings (SSSR count). The van der Waals surface area contributed by atoms with Gasteiger partial charge in [-0.2, -0.15) is 0 Å². The number of esters is 1. The molecule has 26 heavy (non-hydrogen) atoms. The fourth-order valence-corrected chi connectivity index (χ4v) is 5.62. The molecule has 0 saturated heterocycles. The lowest BCUT2D eigenvalue weighted by Gasteiger charge is -2.23. The molecule has 5 heteroatoms. The highest BCUT2D eigenvalue weighted by Crippen LogP contribution is 2.42. The van der Waals surface area contributed by atoms with Gasteiger partial charge in [-0.1, -0.05) is 39.0 Å². The SMILES string of the molecule is CCCCCCC[C@@H]1[C@@H](CCCc2ccc(C(=O)OC)s2)[C@@H](Cl)C[C@H]1O. The van der Waals surface area contributed by atoms with Gasteiger partial charge >= 0.3 is 5.97 Å². The van der Waals surface area contributed by atoms with E-state index < -0.39 is 0 Å². The van der Waals surface area contributed by atoms with E-state index in [1.54, 1.807) is 0 Å². The second kappa shape index (κ2) is 11.3. The highest BCUT2D eigenvalue weighted by atomic mass is 35.5. The molecule has 1 aromatic rings. The second-order valence-electron chi connectivity index (χ2n) is 7.50. The maximum Gasteiger partial charge on any atom is 0.348 e. The number of carbonyl (C=O) groups excluding carboxylic acids is 1. The van der Waals surface area contributed by atoms with Gasteiger partial charge in [0.05, 0.1) is 13.2 Å². The van der Waals surface area contributed by atoms with Gasteiger partial charge in [-0.25, -0.2) is 4.79 Å². The third-order valence-electron chi connectivity index (χ3n) is 5.63. The summed E-state index contributed by atoms with van der Waals surface area (Å²) in [6.45, 7) is 2.23. The number of alkyl halides is 1. The Kier molecular flexibility index (Phi) is 9.44. The van der Waals surface area contributed by atoms with Crippen molar-refractivity contribution < 1.29 is 14.6 Å². The van der Waals surface area contributed by atoms with Crippen molar-refractivity contribution in [2.75, 3.05) is 7.11 Å². The highest BCUT2D eigenvalue weighted by Gasteiger charge is 2.40. The van der Waals surface area contributed by atoms with Gasteiger partial charge in [0.2, 0.25) is 0 Å². The summed E-state index contributed by atoms with van der Waals surface area (Å²) in [5.41, 5.74) is 0. The zero-order valence-electron chi connectivity index (χ0n) is 16.1. The van der Waals surface area contributed by atoms with Crippen LogP contribution in [0.3, 0.4) is 0 Å². The highest BCUT2D eigenvalue weighted by molar-refractivity contribution is 7.13. The van der Waals surface area contributed by atoms with Crippen LogP contribution in [0.4, 0.5) is 0 Å². The topological polar surface area (TPSA) is 46.5 Å². The first-order chi connectivity index (χ1) is 12.6. The minimum Gasteiger partial charge on any atom is -0.465 e. The van der Waals surface area contributed by atoms with Gasteiger partial charge in [0.25, 0.3) is 0 Å². The van der Waals surface area contributed by atoms with Crippen LogP contribution >= 0.6 is 22.9 Å². The standard InChI is InChI=1S/C21H33ClO3S/c1-3-4-5-6-7-10-17-16(18(22)14-19(17)23)11-8-9-15-12-13-20(26-15)21(24)25-2/h12-13,16-19,23H,3-11,14H2,1-2H3/t16-,17-,18+,19-/m1/s1. The zero-order chi connectivity index (χ0) is 18.9. The molecule has 0 bridgehead atoms. The lowest BCUT2D eigenvalue weighted by molar-refractivity contribution is 0.0606. The van der Waals surface area contributed by atoms with Crippen molar-refractivity contribution in [3.8, 4) is 0 Å². The number of halogens is 1. The maximum atomic E-state index is 11.5. The lowest BCUT2D eigenvalue weighted by Crippen LogP contribution is -2.21. The molecule has 0 unspecified atom stereocenters. The number of aliphatic hydroxyl groups is 1. The number of thiophene rings is 1. The van der Waals surface area contributed by atoms with Crippen LogP contribution in [-0.2, 0) is 11.2 Å². The fraction of sp³-hybridized carbons (Fsp3) is 0.762. The van der Waals surface area contributed by atoms with E-state index in [0.717, 1.165) is 32.1 Å². The number of hydrogen-bond acceptors (Lipinski definition) is 4. The molecule has 1 saturated carbocycles. The molecule has 3 nitrogen and oxygen atoms in total. The number of rotatable bonds is 11. The van der Waals surface area contributed by atoms with Crippen LogP contribution in [0, 0.1) is 11.8 Å². The van der Waals surface area contributed by atoms with E-state index in [9.17, 15) is 9.90 Å². The van der Waals surface area contributed by atoms with Crippen molar-refractivity contribution in [2.45, 2.75) is 82.6 Å². The Bertz CT molecular complexity index is 545. The van der Waals surface area contributed by atoms with Crippen molar-refractivity contribution in [3.63, 3.8) is 0 Å². The molecular weight excluding hydrogens is 368 g/mol.